The largest absolute Gasteiger partial charge is 0.368 e. The van der Waals surface area contributed by atoms with Gasteiger partial charge in [-0.3, -0.25) is 9.59 Å². The van der Waals surface area contributed by atoms with Crippen LogP contribution >= 0.6 is 0 Å². The van der Waals surface area contributed by atoms with Crippen LogP contribution in [0, 0.1) is 0 Å². The molecule has 0 saturated carbocycles. The van der Waals surface area contributed by atoms with Crippen LogP contribution in [-0.4, -0.2) is 49.4 Å². The van der Waals surface area contributed by atoms with Crippen molar-refractivity contribution in [1.29, 1.82) is 0 Å². The topological polar surface area (TPSA) is 52.7 Å². The van der Waals surface area contributed by atoms with E-state index < -0.39 is 0 Å². The van der Waals surface area contributed by atoms with Crippen LogP contribution < -0.4 is 10.2 Å². The van der Waals surface area contributed by atoms with Crippen LogP contribution in [0.2, 0.25) is 0 Å². The molecule has 1 fully saturated rings. The molecule has 32 heavy (non-hydrogen) atoms. The fourth-order valence-corrected chi connectivity index (χ4v) is 4.20. The number of hydrogen-bond acceptors (Lipinski definition) is 3. The minimum absolute atomic E-state index is 0.0259. The van der Waals surface area contributed by atoms with Crippen molar-refractivity contribution in [3.8, 4) is 0 Å². The third-order valence-corrected chi connectivity index (χ3v) is 5.98. The van der Waals surface area contributed by atoms with Gasteiger partial charge in [0.05, 0.1) is 6.54 Å². The molecule has 0 aromatic heterocycles. The summed E-state index contributed by atoms with van der Waals surface area (Å²) in [6.45, 7) is 2.97. The van der Waals surface area contributed by atoms with Gasteiger partial charge in [-0.25, -0.2) is 0 Å². The molecule has 0 atom stereocenters. The minimum atomic E-state index is -0.112. The number of nitrogens with one attached hydrogen (secondary N) is 1. The first-order valence-corrected chi connectivity index (χ1v) is 11.1. The number of rotatable bonds is 7. The van der Waals surface area contributed by atoms with Gasteiger partial charge in [-0.1, -0.05) is 78.9 Å². The Morgan fingerprint density at radius 2 is 1.22 bits per heavy atom. The van der Waals surface area contributed by atoms with Crippen LogP contribution in [0.15, 0.2) is 91.0 Å². The van der Waals surface area contributed by atoms with Crippen molar-refractivity contribution in [2.45, 2.75) is 12.3 Å². The number of nitrogens with zero attached hydrogens (tertiary/aromatic N) is 2. The summed E-state index contributed by atoms with van der Waals surface area (Å²) in [7, 11) is 0. The average molecular weight is 428 g/mol. The molecule has 0 unspecified atom stereocenters. The molecule has 5 nitrogen and oxygen atoms in total. The highest BCUT2D eigenvalue weighted by Gasteiger charge is 2.23. The van der Waals surface area contributed by atoms with Gasteiger partial charge < -0.3 is 15.1 Å². The number of carbonyl (C=O) groups is 2. The molecule has 3 aromatic carbocycles. The zero-order chi connectivity index (χ0) is 22.2. The molecule has 5 heteroatoms. The lowest BCUT2D eigenvalue weighted by Gasteiger charge is -2.36. The molecule has 0 spiro atoms. The summed E-state index contributed by atoms with van der Waals surface area (Å²) < 4.78 is 0. The van der Waals surface area contributed by atoms with Gasteiger partial charge in [0.15, 0.2) is 0 Å². The van der Waals surface area contributed by atoms with E-state index in [9.17, 15) is 9.59 Å². The predicted molar refractivity (Wildman–Crippen MR) is 128 cm³/mol. The van der Waals surface area contributed by atoms with Crippen LogP contribution in [-0.2, 0) is 9.59 Å². The third kappa shape index (κ3) is 5.55. The molecule has 1 N–H and O–H groups in total. The lowest BCUT2D eigenvalue weighted by molar-refractivity contribution is -0.133. The summed E-state index contributed by atoms with van der Waals surface area (Å²) in [5.74, 6) is -0.178. The van der Waals surface area contributed by atoms with Crippen molar-refractivity contribution in [2.75, 3.05) is 37.6 Å². The molecule has 0 radical (unpaired) electrons. The quantitative estimate of drug-likeness (QED) is 0.626. The predicted octanol–water partition coefficient (Wildman–Crippen LogP) is 3.67. The smallest absolute Gasteiger partial charge is 0.242 e. The van der Waals surface area contributed by atoms with E-state index in [1.165, 1.54) is 5.69 Å². The van der Waals surface area contributed by atoms with E-state index in [1.54, 1.807) is 0 Å². The van der Waals surface area contributed by atoms with E-state index in [4.69, 9.17) is 0 Å². The summed E-state index contributed by atoms with van der Waals surface area (Å²) in [5, 5.41) is 2.85. The molecule has 1 heterocycles. The summed E-state index contributed by atoms with van der Waals surface area (Å²) >= 11 is 0. The summed E-state index contributed by atoms with van der Waals surface area (Å²) in [4.78, 5) is 29.5. The molecule has 3 aromatic rings. The fourth-order valence-electron chi connectivity index (χ4n) is 4.20. The van der Waals surface area contributed by atoms with Crippen molar-refractivity contribution >= 4 is 17.5 Å². The van der Waals surface area contributed by atoms with E-state index >= 15 is 0 Å². The summed E-state index contributed by atoms with van der Waals surface area (Å²) in [6.07, 6.45) is 0.309. The monoisotopic (exact) mass is 427 g/mol. The molecule has 1 saturated heterocycles. The molecular formula is C27H29N3O2. The second-order valence-corrected chi connectivity index (χ2v) is 8.06. The molecule has 4 rings (SSSR count). The molecule has 1 aliphatic rings. The Morgan fingerprint density at radius 3 is 1.75 bits per heavy atom. The first-order chi connectivity index (χ1) is 15.7. The zero-order valence-corrected chi connectivity index (χ0v) is 18.2. The van der Waals surface area contributed by atoms with Crippen LogP contribution in [0.3, 0.4) is 0 Å². The number of para-hydroxylation sites is 1. The van der Waals surface area contributed by atoms with Gasteiger partial charge in [0.25, 0.3) is 0 Å². The highest BCUT2D eigenvalue weighted by Crippen LogP contribution is 2.27. The zero-order valence-electron chi connectivity index (χ0n) is 18.2. The van der Waals surface area contributed by atoms with Crippen LogP contribution in [0.25, 0.3) is 0 Å². The average Bonchev–Trinajstić information content (AvgIpc) is 2.87. The maximum atomic E-state index is 12.7. The standard InChI is InChI=1S/C27H29N3O2/c31-26(20-25(22-10-4-1-5-11-22)23-12-6-2-7-13-23)28-21-27(32)30-18-16-29(17-19-30)24-14-8-3-9-15-24/h1-15,25H,16-21H2,(H,28,31). The fraction of sp³-hybridized carbons (Fsp3) is 0.259. The Balaban J connectivity index is 1.29. The van der Waals surface area contributed by atoms with Gasteiger partial charge in [-0.2, -0.15) is 0 Å². The molecule has 164 valence electrons. The Morgan fingerprint density at radius 1 is 0.719 bits per heavy atom. The maximum Gasteiger partial charge on any atom is 0.242 e. The normalized spacial score (nSPS) is 13.8. The molecule has 0 bridgehead atoms. The number of benzene rings is 3. The van der Waals surface area contributed by atoms with Gasteiger partial charge in [0, 0.05) is 44.2 Å². The van der Waals surface area contributed by atoms with E-state index in [-0.39, 0.29) is 24.3 Å². The SMILES string of the molecule is O=C(CC(c1ccccc1)c1ccccc1)NCC(=O)N1CCN(c2ccccc2)CC1. The number of amides is 2. The van der Waals surface area contributed by atoms with E-state index in [0.717, 1.165) is 24.2 Å². The lowest BCUT2D eigenvalue weighted by atomic mass is 9.88. The van der Waals surface area contributed by atoms with Gasteiger partial charge in [-0.15, -0.1) is 0 Å². The van der Waals surface area contributed by atoms with Crippen LogP contribution in [0.1, 0.15) is 23.5 Å². The molecule has 2 amide bonds. The number of hydrogen-bond donors (Lipinski definition) is 1. The van der Waals surface area contributed by atoms with Gasteiger partial charge in [-0.05, 0) is 23.3 Å². The van der Waals surface area contributed by atoms with Crippen LogP contribution in [0.4, 0.5) is 5.69 Å². The van der Waals surface area contributed by atoms with Gasteiger partial charge in [0.2, 0.25) is 11.8 Å². The maximum absolute atomic E-state index is 12.7. The highest BCUT2D eigenvalue weighted by molar-refractivity contribution is 5.85. The Hall–Kier alpha value is -3.60. The molecule has 1 aliphatic heterocycles. The number of anilines is 1. The third-order valence-electron chi connectivity index (χ3n) is 5.98. The van der Waals surface area contributed by atoms with Crippen molar-refractivity contribution < 1.29 is 9.59 Å². The van der Waals surface area contributed by atoms with E-state index in [0.29, 0.717) is 19.5 Å². The van der Waals surface area contributed by atoms with Gasteiger partial charge >= 0.3 is 0 Å². The Labute approximate surface area is 189 Å². The molecule has 0 aliphatic carbocycles. The van der Waals surface area contributed by atoms with Crippen molar-refractivity contribution in [3.05, 3.63) is 102 Å². The Kier molecular flexibility index (Phi) is 7.18. The highest BCUT2D eigenvalue weighted by atomic mass is 16.2. The van der Waals surface area contributed by atoms with Crippen molar-refractivity contribution in [1.82, 2.24) is 10.2 Å². The van der Waals surface area contributed by atoms with E-state index in [1.807, 2.05) is 83.8 Å². The lowest BCUT2D eigenvalue weighted by Crippen LogP contribution is -2.51. The minimum Gasteiger partial charge on any atom is -0.368 e. The molecular weight excluding hydrogens is 398 g/mol. The first-order valence-electron chi connectivity index (χ1n) is 11.1. The Bertz CT molecular complexity index is 961. The van der Waals surface area contributed by atoms with Crippen LogP contribution in [0.5, 0.6) is 0 Å². The van der Waals surface area contributed by atoms with Gasteiger partial charge in [0.1, 0.15) is 0 Å². The first kappa shape index (κ1) is 21.6. The number of carbonyl (C=O) groups excluding carboxylic acids is 2. The second kappa shape index (κ2) is 10.6. The second-order valence-electron chi connectivity index (χ2n) is 8.06. The van der Waals surface area contributed by atoms with Crippen molar-refractivity contribution in [2.24, 2.45) is 0 Å². The summed E-state index contributed by atoms with van der Waals surface area (Å²) in [5.41, 5.74) is 3.37. The summed E-state index contributed by atoms with van der Waals surface area (Å²) in [6, 6.07) is 30.3. The number of piperazine rings is 1. The van der Waals surface area contributed by atoms with Crippen molar-refractivity contribution in [3.63, 3.8) is 0 Å². The van der Waals surface area contributed by atoms with E-state index in [2.05, 4.69) is 22.3 Å².